The van der Waals surface area contributed by atoms with Crippen molar-refractivity contribution in [2.75, 3.05) is 13.2 Å². The van der Waals surface area contributed by atoms with Gasteiger partial charge in [0, 0.05) is 6.42 Å². The maximum atomic E-state index is 13.2. The van der Waals surface area contributed by atoms with Crippen LogP contribution in [0.3, 0.4) is 0 Å². The molecular formula is C83H163NO8. The van der Waals surface area contributed by atoms with Gasteiger partial charge in [-0.25, -0.2) is 0 Å². The van der Waals surface area contributed by atoms with Crippen LogP contribution in [0.4, 0.5) is 0 Å². The number of allylic oxidation sites excluding steroid dienone is 1. The van der Waals surface area contributed by atoms with E-state index in [1.54, 1.807) is 6.08 Å². The number of carbonyl (C=O) groups excluding carboxylic acids is 1. The van der Waals surface area contributed by atoms with Gasteiger partial charge in [0.2, 0.25) is 5.91 Å². The van der Waals surface area contributed by atoms with Crippen LogP contribution in [-0.2, 0) is 14.3 Å². The molecule has 0 saturated carbocycles. The number of carbonyl (C=O) groups is 1. The molecule has 0 aromatic rings. The summed E-state index contributed by atoms with van der Waals surface area (Å²) in [4.78, 5) is 13.2. The van der Waals surface area contributed by atoms with E-state index in [4.69, 9.17) is 9.47 Å². The topological polar surface area (TPSA) is 149 Å². The van der Waals surface area contributed by atoms with Crippen LogP contribution in [0.2, 0.25) is 0 Å². The van der Waals surface area contributed by atoms with Crippen LogP contribution in [0.5, 0.6) is 0 Å². The summed E-state index contributed by atoms with van der Waals surface area (Å²) >= 11 is 0. The SMILES string of the molecule is CCCCCCCCCCCCCCCCCCCCCCCCCCCCC/C=C/C(O)C(COC1OC(CO)C(O)C(O)C1O)NC(=O)CCCCCCCCCCCCCCCCCCCCCCCCCCCCCCCCCCCCCCCCCC. The lowest BCUT2D eigenvalue weighted by Crippen LogP contribution is -2.60. The Balaban J connectivity index is 2.02. The fourth-order valence-electron chi connectivity index (χ4n) is 14.1. The first kappa shape index (κ1) is 88.9. The minimum absolute atomic E-state index is 0.165. The van der Waals surface area contributed by atoms with Crippen molar-refractivity contribution in [3.63, 3.8) is 0 Å². The summed E-state index contributed by atoms with van der Waals surface area (Å²) in [5.41, 5.74) is 0. The number of nitrogens with one attached hydrogen (secondary N) is 1. The molecule has 1 aliphatic heterocycles. The molecular weight excluding hydrogens is 1140 g/mol. The predicted octanol–water partition coefficient (Wildman–Crippen LogP) is 24.2. The molecule has 1 amide bonds. The monoisotopic (exact) mass is 1300 g/mol. The smallest absolute Gasteiger partial charge is 0.220 e. The highest BCUT2D eigenvalue weighted by Crippen LogP contribution is 2.24. The van der Waals surface area contributed by atoms with Crippen LogP contribution < -0.4 is 5.32 Å². The Hall–Kier alpha value is -1.07. The number of hydrogen-bond acceptors (Lipinski definition) is 8. The van der Waals surface area contributed by atoms with Gasteiger partial charge in [-0.3, -0.25) is 4.79 Å². The zero-order valence-corrected chi connectivity index (χ0v) is 61.9. The quantitative estimate of drug-likeness (QED) is 0.0261. The van der Waals surface area contributed by atoms with Gasteiger partial charge < -0.3 is 40.3 Å². The van der Waals surface area contributed by atoms with Crippen LogP contribution in [-0.4, -0.2) is 87.5 Å². The number of aliphatic hydroxyl groups excluding tert-OH is 5. The molecule has 548 valence electrons. The molecule has 1 fully saturated rings. The van der Waals surface area contributed by atoms with E-state index in [1.165, 1.54) is 398 Å². The van der Waals surface area contributed by atoms with Gasteiger partial charge in [0.25, 0.3) is 0 Å². The Kier molecular flexibility index (Phi) is 70.3. The molecule has 0 aromatic carbocycles. The maximum absolute atomic E-state index is 13.2. The summed E-state index contributed by atoms with van der Waals surface area (Å²) in [5, 5.41) is 54.9. The lowest BCUT2D eigenvalue weighted by Gasteiger charge is -2.40. The Morgan fingerprint density at radius 1 is 0.359 bits per heavy atom. The van der Waals surface area contributed by atoms with Crippen molar-refractivity contribution in [1.82, 2.24) is 5.32 Å². The zero-order chi connectivity index (χ0) is 66.4. The Morgan fingerprint density at radius 2 is 0.598 bits per heavy atom. The molecule has 1 aliphatic rings. The third kappa shape index (κ3) is 60.1. The molecule has 0 radical (unpaired) electrons. The van der Waals surface area contributed by atoms with Gasteiger partial charge in [-0.1, -0.05) is 443 Å². The lowest BCUT2D eigenvalue weighted by atomic mass is 9.99. The van der Waals surface area contributed by atoms with E-state index >= 15 is 0 Å². The molecule has 0 aromatic heterocycles. The highest BCUT2D eigenvalue weighted by molar-refractivity contribution is 5.76. The second-order valence-electron chi connectivity index (χ2n) is 29.6. The fourth-order valence-corrected chi connectivity index (χ4v) is 14.1. The van der Waals surface area contributed by atoms with E-state index < -0.39 is 49.5 Å². The van der Waals surface area contributed by atoms with E-state index in [-0.39, 0.29) is 12.5 Å². The van der Waals surface area contributed by atoms with Crippen molar-refractivity contribution in [2.24, 2.45) is 0 Å². The van der Waals surface area contributed by atoms with Crippen LogP contribution >= 0.6 is 0 Å². The van der Waals surface area contributed by atoms with Gasteiger partial charge in [-0.15, -0.1) is 0 Å². The van der Waals surface area contributed by atoms with E-state index in [9.17, 15) is 30.3 Å². The first-order valence-corrected chi connectivity index (χ1v) is 41.9. The molecule has 0 spiro atoms. The maximum Gasteiger partial charge on any atom is 0.220 e. The van der Waals surface area contributed by atoms with Crippen LogP contribution in [0.15, 0.2) is 12.2 Å². The summed E-state index contributed by atoms with van der Waals surface area (Å²) in [7, 11) is 0. The molecule has 9 nitrogen and oxygen atoms in total. The first-order valence-electron chi connectivity index (χ1n) is 41.9. The van der Waals surface area contributed by atoms with Crippen molar-refractivity contribution < 1.29 is 39.8 Å². The molecule has 6 N–H and O–H groups in total. The van der Waals surface area contributed by atoms with Crippen molar-refractivity contribution in [3.05, 3.63) is 12.2 Å². The molecule has 9 heteroatoms. The Bertz CT molecular complexity index is 1460. The molecule has 1 saturated heterocycles. The molecule has 1 heterocycles. The van der Waals surface area contributed by atoms with Gasteiger partial charge in [0.05, 0.1) is 25.4 Å². The zero-order valence-electron chi connectivity index (χ0n) is 61.9. The van der Waals surface area contributed by atoms with E-state index in [2.05, 4.69) is 19.2 Å². The molecule has 92 heavy (non-hydrogen) atoms. The Morgan fingerprint density at radius 3 is 0.848 bits per heavy atom. The number of aliphatic hydroxyl groups is 5. The van der Waals surface area contributed by atoms with Crippen LogP contribution in [0, 0.1) is 0 Å². The van der Waals surface area contributed by atoms with E-state index in [0.29, 0.717) is 6.42 Å². The summed E-state index contributed by atoms with van der Waals surface area (Å²) in [6.45, 7) is 3.86. The van der Waals surface area contributed by atoms with Crippen molar-refractivity contribution in [2.45, 2.75) is 500 Å². The number of rotatable bonds is 76. The van der Waals surface area contributed by atoms with Gasteiger partial charge in [-0.05, 0) is 19.3 Å². The summed E-state index contributed by atoms with van der Waals surface area (Å²) < 4.78 is 11.4. The Labute approximate surface area is 573 Å². The summed E-state index contributed by atoms with van der Waals surface area (Å²) in [5.74, 6) is -0.165. The van der Waals surface area contributed by atoms with Crippen molar-refractivity contribution in [1.29, 1.82) is 0 Å². The van der Waals surface area contributed by atoms with Crippen LogP contribution in [0.25, 0.3) is 0 Å². The fraction of sp³-hybridized carbons (Fsp3) is 0.964. The van der Waals surface area contributed by atoms with Gasteiger partial charge in [0.1, 0.15) is 24.4 Å². The summed E-state index contributed by atoms with van der Waals surface area (Å²) in [6, 6.07) is -0.803. The molecule has 7 unspecified atom stereocenters. The van der Waals surface area contributed by atoms with E-state index in [1.807, 2.05) is 6.08 Å². The highest BCUT2D eigenvalue weighted by atomic mass is 16.7. The number of ether oxygens (including phenoxy) is 2. The predicted molar refractivity (Wildman–Crippen MR) is 397 cm³/mol. The third-order valence-corrected chi connectivity index (χ3v) is 20.6. The number of hydrogen-bond donors (Lipinski definition) is 6. The average molecular weight is 1300 g/mol. The van der Waals surface area contributed by atoms with Crippen molar-refractivity contribution >= 4 is 5.91 Å². The van der Waals surface area contributed by atoms with Gasteiger partial charge >= 0.3 is 0 Å². The van der Waals surface area contributed by atoms with Gasteiger partial charge in [0.15, 0.2) is 6.29 Å². The first-order chi connectivity index (χ1) is 45.3. The normalized spacial score (nSPS) is 17.6. The van der Waals surface area contributed by atoms with Crippen LogP contribution in [0.1, 0.15) is 457 Å². The largest absolute Gasteiger partial charge is 0.394 e. The molecule has 0 bridgehead atoms. The highest BCUT2D eigenvalue weighted by Gasteiger charge is 2.44. The van der Waals surface area contributed by atoms with Crippen molar-refractivity contribution in [3.8, 4) is 0 Å². The second kappa shape index (κ2) is 72.7. The van der Waals surface area contributed by atoms with Gasteiger partial charge in [-0.2, -0.15) is 0 Å². The molecule has 0 aliphatic carbocycles. The molecule has 7 atom stereocenters. The minimum Gasteiger partial charge on any atom is -0.394 e. The number of amides is 1. The van der Waals surface area contributed by atoms with E-state index in [0.717, 1.165) is 38.5 Å². The number of unbranched alkanes of at least 4 members (excludes halogenated alkanes) is 66. The summed E-state index contributed by atoms with van der Waals surface area (Å²) in [6.07, 6.45) is 89.6. The standard InChI is InChI=1S/C83H163NO8/c1-3-5-7-9-11-13-15-17-19-21-23-25-27-29-31-33-34-35-36-37-38-39-40-41-42-43-45-47-49-51-53-55-57-59-61-63-65-67-69-71-73-79(87)84-76(75-91-83-82(90)81(89)80(88)78(74-85)92-83)77(86)72-70-68-66-64-62-60-58-56-54-52-50-48-46-44-32-30-28-26-24-22-20-18-16-14-12-10-8-6-4-2/h70,72,76-78,80-83,85-86,88-90H,3-69,71,73-75H2,1-2H3,(H,84,87)/b72-70+. The average Bonchev–Trinajstić information content (AvgIpc) is 0.965. The minimum atomic E-state index is -1.57. The second-order valence-corrected chi connectivity index (χ2v) is 29.6. The third-order valence-electron chi connectivity index (χ3n) is 20.6. The molecule has 1 rings (SSSR count). The lowest BCUT2D eigenvalue weighted by molar-refractivity contribution is -0.302.